The second-order valence-corrected chi connectivity index (χ2v) is 10.00. The van der Waals surface area contributed by atoms with E-state index < -0.39 is 5.63 Å². The van der Waals surface area contributed by atoms with Gasteiger partial charge >= 0.3 is 5.63 Å². The van der Waals surface area contributed by atoms with Crippen LogP contribution in [0.1, 0.15) is 10.4 Å². The number of para-hydroxylation sites is 1. The van der Waals surface area contributed by atoms with Gasteiger partial charge in [-0.2, -0.15) is 0 Å². The highest BCUT2D eigenvalue weighted by molar-refractivity contribution is 14.1. The zero-order valence-corrected chi connectivity index (χ0v) is 21.9. The summed E-state index contributed by atoms with van der Waals surface area (Å²) in [5.74, 6) is 0.122. The highest BCUT2D eigenvalue weighted by atomic mass is 127. The molecule has 0 atom stereocenters. The number of anilines is 1. The molecule has 0 saturated heterocycles. The zero-order valence-electron chi connectivity index (χ0n) is 19.0. The summed E-state index contributed by atoms with van der Waals surface area (Å²) in [7, 11) is 0. The molecular weight excluding hydrogens is 603 g/mol. The predicted molar refractivity (Wildman–Crippen MR) is 153 cm³/mol. The van der Waals surface area contributed by atoms with Crippen LogP contribution in [0.25, 0.3) is 44.7 Å². The number of nitrogens with one attached hydrogen (secondary N) is 1. The molecule has 0 saturated carbocycles. The smallest absolute Gasteiger partial charge is 0.344 e. The Kier molecular flexibility index (Phi) is 6.02. The lowest BCUT2D eigenvalue weighted by molar-refractivity contribution is 0.102. The van der Waals surface area contributed by atoms with Gasteiger partial charge in [0.05, 0.1) is 16.1 Å². The normalized spacial score (nSPS) is 11.2. The predicted octanol–water partition coefficient (Wildman–Crippen LogP) is 7.78. The quantitative estimate of drug-likeness (QED) is 0.161. The molecule has 0 aliphatic rings. The summed E-state index contributed by atoms with van der Waals surface area (Å²) in [5, 5.41) is 4.26. The van der Waals surface area contributed by atoms with Gasteiger partial charge in [0, 0.05) is 20.2 Å². The summed E-state index contributed by atoms with van der Waals surface area (Å²) in [4.78, 5) is 29.9. The monoisotopic (exact) mass is 618 g/mol. The third-order valence-electron chi connectivity index (χ3n) is 5.90. The Balaban J connectivity index is 1.24. The lowest BCUT2D eigenvalue weighted by Gasteiger charge is -2.07. The third kappa shape index (κ3) is 4.63. The molecule has 6 nitrogen and oxygen atoms in total. The molecule has 6 rings (SSSR count). The first-order valence-electron chi connectivity index (χ1n) is 11.3. The molecule has 8 heteroatoms. The Morgan fingerprint density at radius 1 is 0.838 bits per heavy atom. The van der Waals surface area contributed by atoms with E-state index in [1.807, 2.05) is 30.3 Å². The summed E-state index contributed by atoms with van der Waals surface area (Å²) in [5.41, 5.74) is 4.12. The molecule has 37 heavy (non-hydrogen) atoms. The third-order valence-corrected chi connectivity index (χ3v) is 6.90. The Labute approximate surface area is 229 Å². The second kappa shape index (κ2) is 9.49. The number of carbonyl (C=O) groups is 1. The minimum absolute atomic E-state index is 0.291. The van der Waals surface area contributed by atoms with Gasteiger partial charge in [-0.15, -0.1) is 0 Å². The topological polar surface area (TPSA) is 85.3 Å². The van der Waals surface area contributed by atoms with E-state index in [9.17, 15) is 9.59 Å². The number of hydrogen-bond acceptors (Lipinski definition) is 5. The van der Waals surface area contributed by atoms with E-state index in [0.717, 1.165) is 8.96 Å². The average molecular weight is 619 g/mol. The Morgan fingerprint density at radius 3 is 2.49 bits per heavy atom. The number of nitrogens with zero attached hydrogens (tertiary/aromatic N) is 1. The maximum absolute atomic E-state index is 12.9. The fourth-order valence-corrected chi connectivity index (χ4v) is 4.74. The minimum atomic E-state index is -0.428. The summed E-state index contributed by atoms with van der Waals surface area (Å²) in [6.45, 7) is 0. The SMILES string of the molecule is O=C(Nc1ccc2oc(-c3cc(I)ccc3Cl)nc2c1)c1ccc(-c2cc3ccccc3oc2=O)cc1. The Bertz CT molecular complexity index is 1880. The average Bonchev–Trinajstić information content (AvgIpc) is 3.33. The van der Waals surface area contributed by atoms with Crippen molar-refractivity contribution in [1.82, 2.24) is 4.98 Å². The number of aromatic nitrogens is 1. The first kappa shape index (κ1) is 23.4. The van der Waals surface area contributed by atoms with Gasteiger partial charge in [0.2, 0.25) is 5.89 Å². The van der Waals surface area contributed by atoms with Crippen LogP contribution in [0.15, 0.2) is 105 Å². The lowest BCUT2D eigenvalue weighted by atomic mass is 10.0. The molecular formula is C29H16ClIN2O4. The highest BCUT2D eigenvalue weighted by Crippen LogP contribution is 2.32. The van der Waals surface area contributed by atoms with Crippen molar-refractivity contribution in [3.05, 3.63) is 116 Å². The van der Waals surface area contributed by atoms with Crippen molar-refractivity contribution in [2.75, 3.05) is 5.32 Å². The fourth-order valence-electron chi connectivity index (χ4n) is 4.05. The van der Waals surface area contributed by atoms with E-state index in [0.29, 0.717) is 55.5 Å². The van der Waals surface area contributed by atoms with Crippen molar-refractivity contribution in [3.8, 4) is 22.6 Å². The molecule has 1 amide bonds. The number of oxazole rings is 1. The van der Waals surface area contributed by atoms with Gasteiger partial charge in [-0.1, -0.05) is 41.9 Å². The number of amides is 1. The molecule has 180 valence electrons. The van der Waals surface area contributed by atoms with Crippen molar-refractivity contribution in [2.45, 2.75) is 0 Å². The molecule has 0 aliphatic carbocycles. The largest absolute Gasteiger partial charge is 0.436 e. The van der Waals surface area contributed by atoms with Gasteiger partial charge in [0.15, 0.2) is 5.58 Å². The molecule has 0 bridgehead atoms. The van der Waals surface area contributed by atoms with Crippen LogP contribution in [0, 0.1) is 3.57 Å². The Hall–Kier alpha value is -3.95. The van der Waals surface area contributed by atoms with Crippen molar-refractivity contribution >= 4 is 67.9 Å². The molecule has 0 fully saturated rings. The first-order valence-corrected chi connectivity index (χ1v) is 12.7. The van der Waals surface area contributed by atoms with E-state index in [1.165, 1.54) is 0 Å². The van der Waals surface area contributed by atoms with Crippen LogP contribution < -0.4 is 10.9 Å². The lowest BCUT2D eigenvalue weighted by Crippen LogP contribution is -2.11. The van der Waals surface area contributed by atoms with E-state index >= 15 is 0 Å². The summed E-state index contributed by atoms with van der Waals surface area (Å²) < 4.78 is 12.3. The molecule has 2 aromatic heterocycles. The minimum Gasteiger partial charge on any atom is -0.436 e. The van der Waals surface area contributed by atoms with Gasteiger partial charge in [-0.05, 0) is 88.8 Å². The highest BCUT2D eigenvalue weighted by Gasteiger charge is 2.14. The van der Waals surface area contributed by atoms with Gasteiger partial charge in [0.1, 0.15) is 11.1 Å². The standard InChI is InChI=1S/C29H16ClIN2O4/c30-23-11-9-19(31)14-22(23)28-33-24-15-20(10-12-26(24)36-28)32-27(34)17-7-5-16(6-8-17)21-13-18-3-1-2-4-25(18)37-29(21)35/h1-15H,(H,32,34). The molecule has 0 spiro atoms. The number of hydrogen-bond donors (Lipinski definition) is 1. The van der Waals surface area contributed by atoms with Crippen LogP contribution in [0.3, 0.4) is 0 Å². The zero-order chi connectivity index (χ0) is 25.5. The second-order valence-electron chi connectivity index (χ2n) is 8.34. The number of fused-ring (bicyclic) bond motifs is 2. The van der Waals surface area contributed by atoms with Crippen LogP contribution in [0.5, 0.6) is 0 Å². The number of carbonyl (C=O) groups excluding carboxylic acids is 1. The fraction of sp³-hybridized carbons (Fsp3) is 0. The number of rotatable bonds is 4. The maximum atomic E-state index is 12.9. The van der Waals surface area contributed by atoms with E-state index in [1.54, 1.807) is 60.7 Å². The van der Waals surface area contributed by atoms with Crippen LogP contribution in [-0.2, 0) is 0 Å². The molecule has 2 heterocycles. The summed E-state index contributed by atoms with van der Waals surface area (Å²) in [6, 6.07) is 26.8. The maximum Gasteiger partial charge on any atom is 0.344 e. The van der Waals surface area contributed by atoms with Crippen molar-refractivity contribution in [2.24, 2.45) is 0 Å². The molecule has 0 unspecified atom stereocenters. The number of benzene rings is 4. The molecule has 0 aliphatic heterocycles. The van der Waals surface area contributed by atoms with Gasteiger partial charge in [-0.3, -0.25) is 4.79 Å². The van der Waals surface area contributed by atoms with E-state index in [-0.39, 0.29) is 5.91 Å². The van der Waals surface area contributed by atoms with Crippen LogP contribution >= 0.6 is 34.2 Å². The van der Waals surface area contributed by atoms with E-state index in [2.05, 4.69) is 32.9 Å². The van der Waals surface area contributed by atoms with Crippen LogP contribution in [0.4, 0.5) is 5.69 Å². The van der Waals surface area contributed by atoms with Gasteiger partial charge in [0.25, 0.3) is 5.91 Å². The Morgan fingerprint density at radius 2 is 1.65 bits per heavy atom. The summed E-state index contributed by atoms with van der Waals surface area (Å²) in [6.07, 6.45) is 0. The molecule has 4 aromatic carbocycles. The van der Waals surface area contributed by atoms with Crippen molar-refractivity contribution in [3.63, 3.8) is 0 Å². The van der Waals surface area contributed by atoms with Crippen molar-refractivity contribution < 1.29 is 13.6 Å². The molecule has 6 aromatic rings. The summed E-state index contributed by atoms with van der Waals surface area (Å²) >= 11 is 8.53. The first-order chi connectivity index (χ1) is 17.9. The van der Waals surface area contributed by atoms with Crippen LogP contribution in [-0.4, -0.2) is 10.9 Å². The molecule has 1 N–H and O–H groups in total. The van der Waals surface area contributed by atoms with Gasteiger partial charge in [-0.25, -0.2) is 9.78 Å². The number of halogens is 2. The van der Waals surface area contributed by atoms with E-state index in [4.69, 9.17) is 20.4 Å². The van der Waals surface area contributed by atoms with Crippen molar-refractivity contribution in [1.29, 1.82) is 0 Å². The van der Waals surface area contributed by atoms with Gasteiger partial charge < -0.3 is 14.2 Å². The van der Waals surface area contributed by atoms with Crippen LogP contribution in [0.2, 0.25) is 5.02 Å². The molecule has 0 radical (unpaired) electrons.